The van der Waals surface area contributed by atoms with Gasteiger partial charge >= 0.3 is 0 Å². The van der Waals surface area contributed by atoms with Crippen LogP contribution in [0.5, 0.6) is 0 Å². The van der Waals surface area contributed by atoms with Gasteiger partial charge in [-0.25, -0.2) is 0 Å². The molecular formula is C10H12Cl2. The smallest absolute Gasteiger partial charge is 0.0557 e. The number of rotatable bonds is 2. The fourth-order valence-corrected chi connectivity index (χ4v) is 1.32. The molecule has 0 fully saturated rings. The largest absolute Gasteiger partial charge is 0.118 e. The molecule has 0 aliphatic carbocycles. The monoisotopic (exact) mass is 202 g/mol. The van der Waals surface area contributed by atoms with Crippen molar-refractivity contribution >= 4 is 23.2 Å². The van der Waals surface area contributed by atoms with E-state index in [4.69, 9.17) is 23.2 Å². The fourth-order valence-electron chi connectivity index (χ4n) is 1.03. The highest BCUT2D eigenvalue weighted by Gasteiger charge is 2.03. The zero-order valence-corrected chi connectivity index (χ0v) is 8.73. The van der Waals surface area contributed by atoms with Gasteiger partial charge in [-0.3, -0.25) is 0 Å². The van der Waals surface area contributed by atoms with Crippen molar-refractivity contribution in [2.45, 2.75) is 24.6 Å². The van der Waals surface area contributed by atoms with Gasteiger partial charge < -0.3 is 0 Å². The Balaban J connectivity index is 2.86. The third-order valence-electron chi connectivity index (χ3n) is 1.86. The first kappa shape index (κ1) is 9.88. The highest BCUT2D eigenvalue weighted by molar-refractivity contribution is 6.21. The lowest BCUT2D eigenvalue weighted by Gasteiger charge is -2.06. The van der Waals surface area contributed by atoms with Crippen LogP contribution in [0.4, 0.5) is 0 Å². The second-order valence-corrected chi connectivity index (χ2v) is 4.21. The Labute approximate surface area is 83.5 Å². The molecule has 12 heavy (non-hydrogen) atoms. The van der Waals surface area contributed by atoms with Crippen molar-refractivity contribution in [2.75, 3.05) is 0 Å². The van der Waals surface area contributed by atoms with Crippen LogP contribution in [0.2, 0.25) is 0 Å². The topological polar surface area (TPSA) is 0 Å². The van der Waals surface area contributed by atoms with E-state index in [0.29, 0.717) is 0 Å². The Morgan fingerprint density at radius 1 is 0.833 bits per heavy atom. The molecule has 2 heteroatoms. The summed E-state index contributed by atoms with van der Waals surface area (Å²) in [5, 5.41) is 0.148. The Morgan fingerprint density at radius 2 is 1.08 bits per heavy atom. The molecule has 1 aromatic carbocycles. The zero-order valence-electron chi connectivity index (χ0n) is 7.22. The lowest BCUT2D eigenvalue weighted by Crippen LogP contribution is -1.87. The van der Waals surface area contributed by atoms with Crippen molar-refractivity contribution in [1.29, 1.82) is 0 Å². The zero-order chi connectivity index (χ0) is 9.14. The van der Waals surface area contributed by atoms with Crippen LogP contribution in [0.3, 0.4) is 0 Å². The van der Waals surface area contributed by atoms with Crippen LogP contribution in [0.1, 0.15) is 35.7 Å². The summed E-state index contributed by atoms with van der Waals surface area (Å²) in [5.74, 6) is 0. The molecule has 2 atom stereocenters. The summed E-state index contributed by atoms with van der Waals surface area (Å²) in [6.07, 6.45) is 0. The van der Waals surface area contributed by atoms with Crippen LogP contribution >= 0.6 is 23.2 Å². The normalized spacial score (nSPS) is 15.7. The first-order chi connectivity index (χ1) is 5.61. The summed E-state index contributed by atoms with van der Waals surface area (Å²) >= 11 is 11.8. The summed E-state index contributed by atoms with van der Waals surface area (Å²) < 4.78 is 0. The minimum Gasteiger partial charge on any atom is -0.118 e. The second-order valence-electron chi connectivity index (χ2n) is 2.90. The molecule has 1 rings (SSSR count). The van der Waals surface area contributed by atoms with E-state index in [9.17, 15) is 0 Å². The van der Waals surface area contributed by atoms with Gasteiger partial charge in [-0.15, -0.1) is 23.2 Å². The maximum Gasteiger partial charge on any atom is 0.0557 e. The third-order valence-corrected chi connectivity index (χ3v) is 2.36. The van der Waals surface area contributed by atoms with Crippen molar-refractivity contribution in [3.8, 4) is 0 Å². The van der Waals surface area contributed by atoms with Gasteiger partial charge in [0.15, 0.2) is 0 Å². The molecule has 0 spiro atoms. The number of alkyl halides is 2. The number of hydrogen-bond acceptors (Lipinski definition) is 0. The summed E-state index contributed by atoms with van der Waals surface area (Å²) in [6.45, 7) is 3.92. The molecule has 2 unspecified atom stereocenters. The van der Waals surface area contributed by atoms with E-state index in [2.05, 4.69) is 0 Å². The van der Waals surface area contributed by atoms with Crippen molar-refractivity contribution in [1.82, 2.24) is 0 Å². The van der Waals surface area contributed by atoms with E-state index in [1.807, 2.05) is 38.1 Å². The Hall–Kier alpha value is -0.200. The lowest BCUT2D eigenvalue weighted by atomic mass is 10.1. The average Bonchev–Trinajstić information content (AvgIpc) is 2.04. The van der Waals surface area contributed by atoms with Gasteiger partial charge in [-0.05, 0) is 25.0 Å². The summed E-state index contributed by atoms with van der Waals surface area (Å²) in [6, 6.07) is 8.08. The van der Waals surface area contributed by atoms with Crippen LogP contribution in [0, 0.1) is 0 Å². The molecule has 0 aliphatic rings. The number of halogens is 2. The molecule has 0 heterocycles. The molecule has 0 bridgehead atoms. The summed E-state index contributed by atoms with van der Waals surface area (Å²) in [4.78, 5) is 0. The van der Waals surface area contributed by atoms with E-state index < -0.39 is 0 Å². The maximum absolute atomic E-state index is 5.90. The minimum atomic E-state index is 0.0738. The van der Waals surface area contributed by atoms with Crippen LogP contribution in [-0.2, 0) is 0 Å². The van der Waals surface area contributed by atoms with Gasteiger partial charge in [0.1, 0.15) is 0 Å². The Kier molecular flexibility index (Phi) is 3.42. The maximum atomic E-state index is 5.90. The molecule has 0 saturated carbocycles. The molecule has 66 valence electrons. The van der Waals surface area contributed by atoms with Gasteiger partial charge in [0.2, 0.25) is 0 Å². The quantitative estimate of drug-likeness (QED) is 0.629. The van der Waals surface area contributed by atoms with Crippen LogP contribution in [0.25, 0.3) is 0 Å². The Morgan fingerprint density at radius 3 is 1.25 bits per heavy atom. The van der Waals surface area contributed by atoms with E-state index in [-0.39, 0.29) is 10.8 Å². The molecule has 0 aromatic heterocycles. The highest BCUT2D eigenvalue weighted by Crippen LogP contribution is 2.23. The number of hydrogen-bond donors (Lipinski definition) is 0. The number of benzene rings is 1. The summed E-state index contributed by atoms with van der Waals surface area (Å²) in [5.41, 5.74) is 2.27. The molecule has 0 N–H and O–H groups in total. The fraction of sp³-hybridized carbons (Fsp3) is 0.400. The Bertz CT molecular complexity index is 210. The van der Waals surface area contributed by atoms with Crippen molar-refractivity contribution < 1.29 is 0 Å². The lowest BCUT2D eigenvalue weighted by molar-refractivity contribution is 1.05. The molecule has 0 saturated heterocycles. The molecule has 1 aromatic rings. The van der Waals surface area contributed by atoms with Gasteiger partial charge in [-0.1, -0.05) is 24.3 Å². The summed E-state index contributed by atoms with van der Waals surface area (Å²) in [7, 11) is 0. The first-order valence-electron chi connectivity index (χ1n) is 3.99. The minimum absolute atomic E-state index is 0.0738. The third kappa shape index (κ3) is 2.40. The van der Waals surface area contributed by atoms with Gasteiger partial charge in [-0.2, -0.15) is 0 Å². The van der Waals surface area contributed by atoms with Gasteiger partial charge in [0, 0.05) is 0 Å². The van der Waals surface area contributed by atoms with E-state index >= 15 is 0 Å². The van der Waals surface area contributed by atoms with Gasteiger partial charge in [0.05, 0.1) is 10.8 Å². The van der Waals surface area contributed by atoms with Gasteiger partial charge in [0.25, 0.3) is 0 Å². The van der Waals surface area contributed by atoms with Crippen LogP contribution in [-0.4, -0.2) is 0 Å². The average molecular weight is 203 g/mol. The van der Waals surface area contributed by atoms with E-state index in [1.165, 1.54) is 0 Å². The highest BCUT2D eigenvalue weighted by atomic mass is 35.5. The molecule has 0 aliphatic heterocycles. The standard InChI is InChI=1S/C10H12Cl2/c1-7(11)9-3-5-10(6-4-9)8(2)12/h3-8H,1-2H3. The van der Waals surface area contributed by atoms with Crippen LogP contribution in [0.15, 0.2) is 24.3 Å². The molecule has 0 nitrogen and oxygen atoms in total. The van der Waals surface area contributed by atoms with E-state index in [1.54, 1.807) is 0 Å². The van der Waals surface area contributed by atoms with Crippen molar-refractivity contribution in [3.05, 3.63) is 35.4 Å². The molecule has 0 amide bonds. The predicted molar refractivity (Wildman–Crippen MR) is 55.0 cm³/mol. The SMILES string of the molecule is CC(Cl)c1ccc(C(C)Cl)cc1. The van der Waals surface area contributed by atoms with E-state index in [0.717, 1.165) is 11.1 Å². The van der Waals surface area contributed by atoms with Crippen molar-refractivity contribution in [2.24, 2.45) is 0 Å². The first-order valence-corrected chi connectivity index (χ1v) is 4.86. The van der Waals surface area contributed by atoms with Crippen molar-refractivity contribution in [3.63, 3.8) is 0 Å². The predicted octanol–water partition coefficient (Wildman–Crippen LogP) is 4.29. The second kappa shape index (κ2) is 4.15. The van der Waals surface area contributed by atoms with Crippen LogP contribution < -0.4 is 0 Å². The molecular weight excluding hydrogens is 191 g/mol. The molecule has 0 radical (unpaired) electrons.